The standard InChI is InChI=1S/C12H15ClN2O/c1-9-5-7-15(8-6-9)12-10(13)3-2-4-11(12)14-16/h2-4,9H,5-8H2,1H3. The molecule has 1 heterocycles. The third kappa shape index (κ3) is 2.19. The minimum Gasteiger partial charge on any atom is -0.368 e. The number of nitrogens with zero attached hydrogens (tertiary/aromatic N) is 2. The summed E-state index contributed by atoms with van der Waals surface area (Å²) in [5.74, 6) is 0.756. The van der Waals surface area contributed by atoms with Crippen molar-refractivity contribution in [3.05, 3.63) is 28.1 Å². The van der Waals surface area contributed by atoms with E-state index in [1.165, 1.54) is 0 Å². The predicted molar refractivity (Wildman–Crippen MR) is 67.5 cm³/mol. The van der Waals surface area contributed by atoms with Gasteiger partial charge in [-0.1, -0.05) is 24.6 Å². The van der Waals surface area contributed by atoms with Gasteiger partial charge in [0.25, 0.3) is 0 Å². The number of benzene rings is 1. The summed E-state index contributed by atoms with van der Waals surface area (Å²) in [4.78, 5) is 12.9. The Kier molecular flexibility index (Phi) is 3.44. The van der Waals surface area contributed by atoms with Crippen molar-refractivity contribution >= 4 is 23.0 Å². The van der Waals surface area contributed by atoms with Crippen LogP contribution in [0.2, 0.25) is 5.02 Å². The number of piperidine rings is 1. The molecule has 1 fully saturated rings. The molecule has 16 heavy (non-hydrogen) atoms. The van der Waals surface area contributed by atoms with Crippen LogP contribution in [0.25, 0.3) is 0 Å². The van der Waals surface area contributed by atoms with Gasteiger partial charge in [-0.05, 0) is 36.1 Å². The molecule has 0 N–H and O–H groups in total. The van der Waals surface area contributed by atoms with Crippen LogP contribution in [0.3, 0.4) is 0 Å². The van der Waals surface area contributed by atoms with E-state index in [4.69, 9.17) is 11.6 Å². The lowest BCUT2D eigenvalue weighted by molar-refractivity contribution is 0.438. The highest BCUT2D eigenvalue weighted by molar-refractivity contribution is 6.33. The molecule has 0 radical (unpaired) electrons. The Labute approximate surface area is 100 Å². The molecule has 0 bridgehead atoms. The minimum atomic E-state index is 0.446. The lowest BCUT2D eigenvalue weighted by atomic mass is 9.98. The normalized spacial score (nSPS) is 17.5. The second-order valence-electron chi connectivity index (χ2n) is 4.37. The molecular weight excluding hydrogens is 224 g/mol. The number of hydrogen-bond acceptors (Lipinski definition) is 3. The van der Waals surface area contributed by atoms with E-state index in [-0.39, 0.29) is 0 Å². The molecular formula is C12H15ClN2O. The fourth-order valence-electron chi connectivity index (χ4n) is 2.12. The maximum absolute atomic E-state index is 10.8. The minimum absolute atomic E-state index is 0.446. The van der Waals surface area contributed by atoms with Crippen molar-refractivity contribution in [1.29, 1.82) is 0 Å². The van der Waals surface area contributed by atoms with Gasteiger partial charge in [0, 0.05) is 13.1 Å². The van der Waals surface area contributed by atoms with Gasteiger partial charge in [0.2, 0.25) is 0 Å². The predicted octanol–water partition coefficient (Wildman–Crippen LogP) is 3.97. The molecule has 2 rings (SSSR count). The van der Waals surface area contributed by atoms with Crippen molar-refractivity contribution in [2.45, 2.75) is 19.8 Å². The Morgan fingerprint density at radius 3 is 2.69 bits per heavy atom. The Hall–Kier alpha value is -1.09. The summed E-state index contributed by atoms with van der Waals surface area (Å²) in [5.41, 5.74) is 1.24. The van der Waals surface area contributed by atoms with Gasteiger partial charge < -0.3 is 4.90 Å². The maximum Gasteiger partial charge on any atom is 0.132 e. The van der Waals surface area contributed by atoms with Gasteiger partial charge in [0.1, 0.15) is 5.69 Å². The van der Waals surface area contributed by atoms with Crippen LogP contribution in [0.4, 0.5) is 11.4 Å². The van der Waals surface area contributed by atoms with E-state index < -0.39 is 0 Å². The van der Waals surface area contributed by atoms with Gasteiger partial charge in [0.05, 0.1) is 10.7 Å². The molecule has 4 heteroatoms. The highest BCUT2D eigenvalue weighted by atomic mass is 35.5. The first-order valence-corrected chi connectivity index (χ1v) is 5.97. The number of anilines is 1. The Bertz CT molecular complexity index is 387. The molecule has 0 unspecified atom stereocenters. The fourth-order valence-corrected chi connectivity index (χ4v) is 2.41. The number of rotatable bonds is 2. The molecule has 1 aromatic rings. The summed E-state index contributed by atoms with van der Waals surface area (Å²) in [7, 11) is 0. The molecule has 1 saturated heterocycles. The van der Waals surface area contributed by atoms with Gasteiger partial charge >= 0.3 is 0 Å². The van der Waals surface area contributed by atoms with Gasteiger partial charge in [-0.25, -0.2) is 0 Å². The smallest absolute Gasteiger partial charge is 0.132 e. The van der Waals surface area contributed by atoms with Crippen LogP contribution in [0, 0.1) is 10.8 Å². The van der Waals surface area contributed by atoms with Crippen LogP contribution >= 0.6 is 11.6 Å². The molecule has 0 amide bonds. The number of hydrogen-bond donors (Lipinski definition) is 0. The van der Waals surface area contributed by atoms with E-state index in [1.54, 1.807) is 12.1 Å². The number of nitroso groups, excluding NO2 is 1. The lowest BCUT2D eigenvalue weighted by Crippen LogP contribution is -2.32. The first kappa shape index (κ1) is 11.4. The van der Waals surface area contributed by atoms with Crippen LogP contribution in [0.15, 0.2) is 23.4 Å². The van der Waals surface area contributed by atoms with Crippen LogP contribution in [-0.2, 0) is 0 Å². The molecule has 1 aromatic carbocycles. The third-order valence-electron chi connectivity index (χ3n) is 3.16. The SMILES string of the molecule is CC1CCN(c2c(Cl)cccc2N=O)CC1. The highest BCUT2D eigenvalue weighted by Crippen LogP contribution is 2.37. The summed E-state index contributed by atoms with van der Waals surface area (Å²) in [5, 5.41) is 3.67. The second kappa shape index (κ2) is 4.83. The topological polar surface area (TPSA) is 32.7 Å². The monoisotopic (exact) mass is 238 g/mol. The molecule has 0 spiro atoms. The molecule has 3 nitrogen and oxygen atoms in total. The first-order valence-electron chi connectivity index (χ1n) is 5.59. The largest absolute Gasteiger partial charge is 0.368 e. The molecule has 0 saturated carbocycles. The van der Waals surface area contributed by atoms with Gasteiger partial charge in [-0.15, -0.1) is 4.91 Å². The molecule has 0 aromatic heterocycles. The van der Waals surface area contributed by atoms with E-state index in [9.17, 15) is 4.91 Å². The van der Waals surface area contributed by atoms with E-state index in [0.29, 0.717) is 10.7 Å². The van der Waals surface area contributed by atoms with Gasteiger partial charge in [-0.3, -0.25) is 0 Å². The van der Waals surface area contributed by atoms with Gasteiger partial charge in [-0.2, -0.15) is 0 Å². The zero-order chi connectivity index (χ0) is 11.5. The summed E-state index contributed by atoms with van der Waals surface area (Å²) < 4.78 is 0. The molecule has 0 aliphatic carbocycles. The summed E-state index contributed by atoms with van der Waals surface area (Å²) in [6, 6.07) is 5.28. The summed E-state index contributed by atoms with van der Waals surface area (Å²) >= 11 is 6.14. The van der Waals surface area contributed by atoms with E-state index in [1.807, 2.05) is 6.07 Å². The van der Waals surface area contributed by atoms with Crippen molar-refractivity contribution in [2.24, 2.45) is 11.1 Å². The van der Waals surface area contributed by atoms with E-state index in [0.717, 1.165) is 37.5 Å². The Morgan fingerprint density at radius 1 is 1.38 bits per heavy atom. The van der Waals surface area contributed by atoms with Crippen molar-refractivity contribution < 1.29 is 0 Å². The summed E-state index contributed by atoms with van der Waals surface area (Å²) in [6.07, 6.45) is 2.28. The number of para-hydroxylation sites is 1. The van der Waals surface area contributed by atoms with Gasteiger partial charge in [0.15, 0.2) is 0 Å². The summed E-state index contributed by atoms with van der Waals surface area (Å²) in [6.45, 7) is 4.16. The molecule has 0 atom stereocenters. The van der Waals surface area contributed by atoms with E-state index in [2.05, 4.69) is 17.0 Å². The van der Waals surface area contributed by atoms with Crippen LogP contribution in [0.5, 0.6) is 0 Å². The maximum atomic E-state index is 10.8. The van der Waals surface area contributed by atoms with Crippen molar-refractivity contribution in [3.8, 4) is 0 Å². The number of halogens is 1. The fraction of sp³-hybridized carbons (Fsp3) is 0.500. The zero-order valence-electron chi connectivity index (χ0n) is 9.32. The lowest BCUT2D eigenvalue weighted by Gasteiger charge is -2.33. The van der Waals surface area contributed by atoms with Crippen molar-refractivity contribution in [2.75, 3.05) is 18.0 Å². The first-order chi connectivity index (χ1) is 7.72. The van der Waals surface area contributed by atoms with Crippen LogP contribution < -0.4 is 4.90 Å². The molecule has 86 valence electrons. The zero-order valence-corrected chi connectivity index (χ0v) is 10.1. The van der Waals surface area contributed by atoms with E-state index >= 15 is 0 Å². The highest BCUT2D eigenvalue weighted by Gasteiger charge is 2.20. The van der Waals surface area contributed by atoms with Crippen LogP contribution in [0.1, 0.15) is 19.8 Å². The molecule has 1 aliphatic heterocycles. The van der Waals surface area contributed by atoms with Crippen molar-refractivity contribution in [3.63, 3.8) is 0 Å². The van der Waals surface area contributed by atoms with Crippen molar-refractivity contribution in [1.82, 2.24) is 0 Å². The Balaban J connectivity index is 2.28. The average molecular weight is 239 g/mol. The Morgan fingerprint density at radius 2 is 2.06 bits per heavy atom. The second-order valence-corrected chi connectivity index (χ2v) is 4.78. The average Bonchev–Trinajstić information content (AvgIpc) is 2.30. The van der Waals surface area contributed by atoms with Crippen LogP contribution in [-0.4, -0.2) is 13.1 Å². The third-order valence-corrected chi connectivity index (χ3v) is 3.47. The quantitative estimate of drug-likeness (QED) is 0.731. The molecule has 1 aliphatic rings.